The zero-order chi connectivity index (χ0) is 13.7. The topological polar surface area (TPSA) is 32.3 Å². The van der Waals surface area contributed by atoms with Crippen LogP contribution in [0, 0.1) is 6.92 Å². The predicted octanol–water partition coefficient (Wildman–Crippen LogP) is 4.39. The summed E-state index contributed by atoms with van der Waals surface area (Å²) in [5.74, 6) is 0.413. The molecule has 1 heterocycles. The Kier molecular flexibility index (Phi) is 5.00. The number of benzene rings is 1. The number of para-hydroxylation sites is 1. The maximum absolute atomic E-state index is 10.0. The van der Waals surface area contributed by atoms with E-state index in [2.05, 4.69) is 29.8 Å². The number of phenols is 1. The number of nitrogens with one attached hydrogen (secondary N) is 1. The largest absolute Gasteiger partial charge is 0.507 e. The summed E-state index contributed by atoms with van der Waals surface area (Å²) in [6.07, 6.45) is 2.27. The molecule has 0 saturated heterocycles. The van der Waals surface area contributed by atoms with Crippen molar-refractivity contribution < 1.29 is 5.11 Å². The van der Waals surface area contributed by atoms with E-state index in [4.69, 9.17) is 0 Å². The Morgan fingerprint density at radius 3 is 2.79 bits per heavy atom. The predicted molar refractivity (Wildman–Crippen MR) is 81.7 cm³/mol. The third kappa shape index (κ3) is 3.58. The van der Waals surface area contributed by atoms with E-state index in [9.17, 15) is 5.11 Å². The zero-order valence-corrected chi connectivity index (χ0v) is 12.3. The van der Waals surface area contributed by atoms with E-state index in [1.165, 1.54) is 4.88 Å². The lowest BCUT2D eigenvalue weighted by molar-refractivity contribution is 0.449. The molecule has 2 rings (SSSR count). The highest BCUT2D eigenvalue weighted by Gasteiger charge is 2.12. The SMILES string of the molecule is CCCC(NCc1cccc(C)c1O)c1cccs1. The van der Waals surface area contributed by atoms with E-state index in [0.717, 1.165) is 24.0 Å². The summed E-state index contributed by atoms with van der Waals surface area (Å²) >= 11 is 1.79. The number of hydrogen-bond acceptors (Lipinski definition) is 3. The second-order valence-corrected chi connectivity index (χ2v) is 5.80. The molecule has 19 heavy (non-hydrogen) atoms. The van der Waals surface area contributed by atoms with E-state index in [0.29, 0.717) is 18.3 Å². The van der Waals surface area contributed by atoms with Crippen LogP contribution in [-0.4, -0.2) is 5.11 Å². The van der Waals surface area contributed by atoms with Crippen LogP contribution in [0.4, 0.5) is 0 Å². The second-order valence-electron chi connectivity index (χ2n) is 4.82. The van der Waals surface area contributed by atoms with E-state index in [1.807, 2.05) is 25.1 Å². The Morgan fingerprint density at radius 2 is 2.11 bits per heavy atom. The standard InChI is InChI=1S/C16H21NOS/c1-3-6-14(15-9-5-10-19-15)17-11-13-8-4-7-12(2)16(13)18/h4-5,7-10,14,17-18H,3,6,11H2,1-2H3. The van der Waals surface area contributed by atoms with Crippen molar-refractivity contribution in [1.82, 2.24) is 5.32 Å². The van der Waals surface area contributed by atoms with Gasteiger partial charge in [0.1, 0.15) is 5.75 Å². The number of hydrogen-bond donors (Lipinski definition) is 2. The average Bonchev–Trinajstić information content (AvgIpc) is 2.93. The molecule has 0 bridgehead atoms. The van der Waals surface area contributed by atoms with Crippen LogP contribution in [0.15, 0.2) is 35.7 Å². The summed E-state index contributed by atoms with van der Waals surface area (Å²) in [7, 11) is 0. The van der Waals surface area contributed by atoms with Crippen molar-refractivity contribution in [2.45, 2.75) is 39.3 Å². The normalized spacial score (nSPS) is 12.5. The molecule has 1 atom stereocenters. The third-order valence-corrected chi connectivity index (χ3v) is 4.31. The van der Waals surface area contributed by atoms with Gasteiger partial charge >= 0.3 is 0 Å². The lowest BCUT2D eigenvalue weighted by Crippen LogP contribution is -2.20. The first-order chi connectivity index (χ1) is 9.22. The van der Waals surface area contributed by atoms with Crippen molar-refractivity contribution in [3.05, 3.63) is 51.7 Å². The van der Waals surface area contributed by atoms with Crippen LogP contribution in [0.5, 0.6) is 5.75 Å². The number of rotatable bonds is 6. The molecule has 1 aromatic carbocycles. The minimum atomic E-state index is 0.380. The molecule has 2 aromatic rings. The first-order valence-electron chi connectivity index (χ1n) is 6.76. The van der Waals surface area contributed by atoms with Crippen LogP contribution in [0.2, 0.25) is 0 Å². The Hall–Kier alpha value is -1.32. The molecule has 102 valence electrons. The van der Waals surface area contributed by atoms with Gasteiger partial charge in [-0.05, 0) is 30.4 Å². The van der Waals surface area contributed by atoms with Crippen molar-refractivity contribution >= 4 is 11.3 Å². The fourth-order valence-electron chi connectivity index (χ4n) is 2.22. The van der Waals surface area contributed by atoms with Crippen LogP contribution < -0.4 is 5.32 Å². The molecule has 0 fully saturated rings. The van der Waals surface area contributed by atoms with Crippen LogP contribution in [-0.2, 0) is 6.54 Å². The van der Waals surface area contributed by atoms with Gasteiger partial charge in [0, 0.05) is 23.0 Å². The monoisotopic (exact) mass is 275 g/mol. The molecule has 1 aromatic heterocycles. The van der Waals surface area contributed by atoms with Gasteiger partial charge in [-0.25, -0.2) is 0 Å². The maximum Gasteiger partial charge on any atom is 0.122 e. The molecule has 0 aliphatic carbocycles. The molecule has 0 saturated carbocycles. The molecule has 2 nitrogen and oxygen atoms in total. The molecule has 0 amide bonds. The van der Waals surface area contributed by atoms with Crippen LogP contribution in [0.25, 0.3) is 0 Å². The van der Waals surface area contributed by atoms with Crippen LogP contribution in [0.3, 0.4) is 0 Å². The van der Waals surface area contributed by atoms with Gasteiger partial charge in [0.15, 0.2) is 0 Å². The van der Waals surface area contributed by atoms with Crippen molar-refractivity contribution in [3.63, 3.8) is 0 Å². The maximum atomic E-state index is 10.0. The molecule has 1 unspecified atom stereocenters. The quantitative estimate of drug-likeness (QED) is 0.819. The third-order valence-electron chi connectivity index (χ3n) is 3.32. The number of thiophene rings is 1. The summed E-state index contributed by atoms with van der Waals surface area (Å²) in [6.45, 7) is 4.84. The highest BCUT2D eigenvalue weighted by molar-refractivity contribution is 7.10. The van der Waals surface area contributed by atoms with Gasteiger partial charge in [0.25, 0.3) is 0 Å². The number of aromatic hydroxyl groups is 1. The summed E-state index contributed by atoms with van der Waals surface area (Å²) < 4.78 is 0. The smallest absolute Gasteiger partial charge is 0.122 e. The highest BCUT2D eigenvalue weighted by atomic mass is 32.1. The number of phenolic OH excluding ortho intramolecular Hbond substituents is 1. The number of aryl methyl sites for hydroxylation is 1. The first-order valence-corrected chi connectivity index (χ1v) is 7.64. The molecule has 0 spiro atoms. The zero-order valence-electron chi connectivity index (χ0n) is 11.5. The molecule has 0 aliphatic heterocycles. The van der Waals surface area contributed by atoms with Crippen LogP contribution >= 0.6 is 11.3 Å². The fraction of sp³-hybridized carbons (Fsp3) is 0.375. The minimum Gasteiger partial charge on any atom is -0.507 e. The van der Waals surface area contributed by atoms with Gasteiger partial charge in [-0.1, -0.05) is 37.6 Å². The first kappa shape index (κ1) is 14.1. The molecule has 2 N–H and O–H groups in total. The molecular formula is C16H21NOS. The Labute approximate surface area is 119 Å². The minimum absolute atomic E-state index is 0.380. The van der Waals surface area contributed by atoms with Gasteiger partial charge < -0.3 is 10.4 Å². The van der Waals surface area contributed by atoms with E-state index in [-0.39, 0.29) is 0 Å². The van der Waals surface area contributed by atoms with Gasteiger partial charge in [-0.3, -0.25) is 0 Å². The lowest BCUT2D eigenvalue weighted by atomic mass is 10.1. The average molecular weight is 275 g/mol. The Balaban J connectivity index is 2.05. The van der Waals surface area contributed by atoms with Crippen molar-refractivity contribution in [2.24, 2.45) is 0 Å². The van der Waals surface area contributed by atoms with E-state index in [1.54, 1.807) is 11.3 Å². The highest BCUT2D eigenvalue weighted by Crippen LogP contribution is 2.26. The van der Waals surface area contributed by atoms with Crippen molar-refractivity contribution in [2.75, 3.05) is 0 Å². The van der Waals surface area contributed by atoms with E-state index < -0.39 is 0 Å². The van der Waals surface area contributed by atoms with Gasteiger partial charge in [-0.15, -0.1) is 11.3 Å². The van der Waals surface area contributed by atoms with Gasteiger partial charge in [0.05, 0.1) is 0 Å². The molecular weight excluding hydrogens is 254 g/mol. The Bertz CT molecular complexity index is 507. The van der Waals surface area contributed by atoms with Crippen molar-refractivity contribution in [1.29, 1.82) is 0 Å². The van der Waals surface area contributed by atoms with Gasteiger partial charge in [0.2, 0.25) is 0 Å². The second kappa shape index (κ2) is 6.73. The molecule has 3 heteroatoms. The Morgan fingerprint density at radius 1 is 1.26 bits per heavy atom. The van der Waals surface area contributed by atoms with Gasteiger partial charge in [-0.2, -0.15) is 0 Å². The fourth-order valence-corrected chi connectivity index (χ4v) is 3.06. The van der Waals surface area contributed by atoms with E-state index >= 15 is 0 Å². The summed E-state index contributed by atoms with van der Waals surface area (Å²) in [5.41, 5.74) is 1.90. The summed E-state index contributed by atoms with van der Waals surface area (Å²) in [5, 5.41) is 15.7. The summed E-state index contributed by atoms with van der Waals surface area (Å²) in [4.78, 5) is 1.37. The summed E-state index contributed by atoms with van der Waals surface area (Å²) in [6, 6.07) is 10.5. The molecule has 0 aliphatic rings. The molecule has 0 radical (unpaired) electrons. The lowest BCUT2D eigenvalue weighted by Gasteiger charge is -2.17. The van der Waals surface area contributed by atoms with Crippen molar-refractivity contribution in [3.8, 4) is 5.75 Å². The van der Waals surface area contributed by atoms with Crippen LogP contribution in [0.1, 0.15) is 41.8 Å².